The molecule has 0 fully saturated rings. The molecule has 0 aromatic heterocycles. The SMILES string of the molecule is CC(=O)[CH+]C(=O)c1ccccc1.CC(=O)[CH+]C(=O)c1ccccc1.CCN(CC)CC[OH2+].CCN(CC)CC[OH2+].Cl.[Ti+4]. The van der Waals surface area contributed by atoms with Crippen LogP contribution in [0.15, 0.2) is 60.7 Å². The normalized spacial score (nSPS) is 9.19. The Hall–Kier alpha value is -2.30. The van der Waals surface area contributed by atoms with Gasteiger partial charge >= 0.3 is 33.3 Å². The van der Waals surface area contributed by atoms with Crippen LogP contribution in [0.4, 0.5) is 0 Å². The van der Waals surface area contributed by atoms with Crippen LogP contribution in [0.3, 0.4) is 0 Å². The predicted octanol–water partition coefficient (Wildman–Crippen LogP) is 3.85. The first-order chi connectivity index (χ1) is 19.1. The number of Topliss-reactive ketones (excluding diaryl/α,β-unsaturated/α-hetero) is 4. The molecule has 42 heavy (non-hydrogen) atoms. The fraction of sp³-hybridized carbons (Fsp3) is 0.438. The van der Waals surface area contributed by atoms with Gasteiger partial charge in [-0.05, 0) is 50.4 Å². The summed E-state index contributed by atoms with van der Waals surface area (Å²) in [5.74, 6) is -0.904. The second-order valence-electron chi connectivity index (χ2n) is 8.52. The van der Waals surface area contributed by atoms with E-state index in [0.29, 0.717) is 24.3 Å². The summed E-state index contributed by atoms with van der Waals surface area (Å²) >= 11 is 0. The first-order valence-corrected chi connectivity index (χ1v) is 13.7. The van der Waals surface area contributed by atoms with Gasteiger partial charge in [-0.3, -0.25) is 19.4 Å². The molecular weight excluding hydrogens is 592 g/mol. The second kappa shape index (κ2) is 31.6. The molecule has 0 spiro atoms. The molecule has 8 nitrogen and oxygen atoms in total. The van der Waals surface area contributed by atoms with E-state index in [1.807, 2.05) is 12.1 Å². The summed E-state index contributed by atoms with van der Waals surface area (Å²) in [4.78, 5) is 47.9. The van der Waals surface area contributed by atoms with Crippen LogP contribution >= 0.6 is 12.4 Å². The Morgan fingerprint density at radius 2 is 0.857 bits per heavy atom. The van der Waals surface area contributed by atoms with Gasteiger partial charge in [0.05, 0.1) is 13.1 Å². The monoisotopic (exact) mass is 642 g/mol. The standard InChI is InChI=1S/2C10H9O2.2C6H15NO.ClH.Ti/c2*1-8(11)7-10(12)9-5-3-2-4-6-9;2*1-3-7(4-2)5-6-8;;/h2*2-7H,1H3;2*8H,3-6H2,1-2H3;1H;/q2*+1;;;;+4/p+2. The van der Waals surface area contributed by atoms with Crippen LogP contribution in [0.5, 0.6) is 0 Å². The average molecular weight is 643 g/mol. The van der Waals surface area contributed by atoms with Crippen molar-refractivity contribution in [1.82, 2.24) is 9.80 Å². The summed E-state index contributed by atoms with van der Waals surface area (Å²) in [5.41, 5.74) is 1.10. The summed E-state index contributed by atoms with van der Waals surface area (Å²) in [6.07, 6.45) is 2.19. The van der Waals surface area contributed by atoms with Gasteiger partial charge in [0.15, 0.2) is 37.2 Å². The van der Waals surface area contributed by atoms with Crippen LogP contribution in [-0.2, 0) is 31.3 Å². The second-order valence-corrected chi connectivity index (χ2v) is 8.52. The first kappa shape index (κ1) is 46.7. The van der Waals surface area contributed by atoms with E-state index in [1.165, 1.54) is 13.8 Å². The first-order valence-electron chi connectivity index (χ1n) is 13.7. The summed E-state index contributed by atoms with van der Waals surface area (Å²) in [6, 6.07) is 17.4. The number of hydrogen-bond acceptors (Lipinski definition) is 6. The van der Waals surface area contributed by atoms with Crippen LogP contribution in [0.25, 0.3) is 0 Å². The van der Waals surface area contributed by atoms with E-state index in [1.54, 1.807) is 48.5 Å². The summed E-state index contributed by atoms with van der Waals surface area (Å²) < 4.78 is 0. The van der Waals surface area contributed by atoms with Gasteiger partial charge in [-0.25, -0.2) is 9.59 Å². The van der Waals surface area contributed by atoms with Crippen molar-refractivity contribution in [1.29, 1.82) is 0 Å². The Labute approximate surface area is 274 Å². The molecule has 0 aliphatic rings. The number of rotatable bonds is 14. The third kappa shape index (κ3) is 26.6. The quantitative estimate of drug-likeness (QED) is 0.102. The minimum absolute atomic E-state index is 0. The summed E-state index contributed by atoms with van der Waals surface area (Å²) in [5, 5.41) is 13.8. The number of ketones is 4. The van der Waals surface area contributed by atoms with Gasteiger partial charge in [0.25, 0.3) is 0 Å². The van der Waals surface area contributed by atoms with Gasteiger partial charge < -0.3 is 10.2 Å². The summed E-state index contributed by atoms with van der Waals surface area (Å²) in [7, 11) is 0. The zero-order valence-electron chi connectivity index (χ0n) is 26.0. The molecule has 0 aliphatic heterocycles. The van der Waals surface area contributed by atoms with Gasteiger partial charge in [-0.2, -0.15) is 0 Å². The van der Waals surface area contributed by atoms with Crippen molar-refractivity contribution in [2.75, 3.05) is 52.5 Å². The Balaban J connectivity index is -0.000000230. The van der Waals surface area contributed by atoms with Gasteiger partial charge in [0.1, 0.15) is 0 Å². The van der Waals surface area contributed by atoms with Crippen LogP contribution in [-0.4, -0.2) is 95.6 Å². The zero-order chi connectivity index (χ0) is 30.8. The van der Waals surface area contributed by atoms with Crippen molar-refractivity contribution in [3.05, 3.63) is 84.6 Å². The molecule has 2 rings (SSSR count). The fourth-order valence-electron chi connectivity index (χ4n) is 3.14. The number of halogens is 1. The summed E-state index contributed by atoms with van der Waals surface area (Å²) in [6.45, 7) is 18.4. The molecule has 0 unspecified atom stereocenters. The number of likely N-dealkylation sites (N-methyl/N-ethyl adjacent to an activating group) is 2. The Morgan fingerprint density at radius 3 is 1.02 bits per heavy atom. The maximum Gasteiger partial charge on any atom is 4.00 e. The molecule has 0 bridgehead atoms. The molecule has 0 aliphatic carbocycles. The van der Waals surface area contributed by atoms with E-state index in [2.05, 4.69) is 37.5 Å². The minimum atomic E-state index is -0.233. The van der Waals surface area contributed by atoms with Crippen molar-refractivity contribution >= 4 is 35.5 Å². The van der Waals surface area contributed by atoms with E-state index < -0.39 is 0 Å². The maximum atomic E-state index is 11.2. The van der Waals surface area contributed by atoms with Crippen LogP contribution in [0.2, 0.25) is 0 Å². The van der Waals surface area contributed by atoms with Gasteiger partial charge in [-0.15, -0.1) is 12.4 Å². The molecule has 0 radical (unpaired) electrons. The molecule has 2 aromatic carbocycles. The fourth-order valence-corrected chi connectivity index (χ4v) is 3.14. The number of benzene rings is 2. The topological polar surface area (TPSA) is 121 Å². The van der Waals surface area contributed by atoms with Crippen molar-refractivity contribution in [2.45, 2.75) is 41.5 Å². The number of carbonyl (C=O) groups is 4. The zero-order valence-corrected chi connectivity index (χ0v) is 28.4. The molecular formula is C32H51ClN2O6Ti+8. The van der Waals surface area contributed by atoms with E-state index in [9.17, 15) is 19.2 Å². The smallest absolute Gasteiger partial charge is 0.444 e. The van der Waals surface area contributed by atoms with Crippen molar-refractivity contribution < 1.29 is 51.1 Å². The molecule has 4 N–H and O–H groups in total. The van der Waals surface area contributed by atoms with Gasteiger partial charge in [-0.1, -0.05) is 39.8 Å². The molecule has 0 atom stereocenters. The average Bonchev–Trinajstić information content (AvgIpc) is 2.96. The number of carbonyl (C=O) groups excluding carboxylic acids is 4. The Bertz CT molecular complexity index is 863. The molecule has 2 aromatic rings. The molecule has 0 saturated heterocycles. The number of nitrogens with zero attached hydrogens (tertiary/aromatic N) is 2. The van der Waals surface area contributed by atoms with Crippen LogP contribution in [0.1, 0.15) is 62.3 Å². The van der Waals surface area contributed by atoms with E-state index in [-0.39, 0.29) is 57.3 Å². The number of hydrogen-bond donors (Lipinski definition) is 0. The van der Waals surface area contributed by atoms with Crippen LogP contribution in [0, 0.1) is 12.8 Å². The van der Waals surface area contributed by atoms with Crippen molar-refractivity contribution in [3.63, 3.8) is 0 Å². The van der Waals surface area contributed by atoms with Gasteiger partial charge in [0.2, 0.25) is 11.6 Å². The van der Waals surface area contributed by atoms with Crippen molar-refractivity contribution in [2.24, 2.45) is 0 Å². The Morgan fingerprint density at radius 1 is 0.595 bits per heavy atom. The Kier molecular flexibility index (Phi) is 35.1. The van der Waals surface area contributed by atoms with Crippen molar-refractivity contribution in [3.8, 4) is 0 Å². The third-order valence-electron chi connectivity index (χ3n) is 5.43. The van der Waals surface area contributed by atoms with E-state index in [4.69, 9.17) is 10.2 Å². The van der Waals surface area contributed by atoms with E-state index >= 15 is 0 Å². The van der Waals surface area contributed by atoms with E-state index in [0.717, 1.165) is 52.1 Å². The molecule has 0 saturated carbocycles. The molecule has 228 valence electrons. The predicted molar refractivity (Wildman–Crippen MR) is 171 cm³/mol. The molecule has 0 amide bonds. The molecule has 10 heteroatoms. The largest absolute Gasteiger partial charge is 4.00 e. The minimum Gasteiger partial charge on any atom is -0.444 e. The molecule has 0 heterocycles. The van der Waals surface area contributed by atoms with Crippen LogP contribution < -0.4 is 0 Å². The third-order valence-corrected chi connectivity index (χ3v) is 5.43. The maximum absolute atomic E-state index is 11.2. The van der Waals surface area contributed by atoms with Gasteiger partial charge in [0, 0.05) is 38.1 Å².